The Labute approximate surface area is 110 Å². The van der Waals surface area contributed by atoms with Crippen LogP contribution < -0.4 is 0 Å². The second-order valence-electron chi connectivity index (χ2n) is 4.14. The average molecular weight is 272 g/mol. The summed E-state index contributed by atoms with van der Waals surface area (Å²) in [5.74, 6) is -1.58. The van der Waals surface area contributed by atoms with Gasteiger partial charge < -0.3 is 10.0 Å². The number of aromatic nitrogens is 2. The van der Waals surface area contributed by atoms with Crippen molar-refractivity contribution in [2.45, 2.75) is 26.3 Å². The standard InChI is InChI=1S/C11H14ClN3O3/c1-4-15(11(2,3)10(17)18)9(16)7-5-14-8(12)6-13-7/h5-6H,4H2,1-3H3,(H,17,18). The van der Waals surface area contributed by atoms with Crippen LogP contribution in [-0.4, -0.2) is 43.9 Å². The molecule has 1 amide bonds. The van der Waals surface area contributed by atoms with E-state index in [-0.39, 0.29) is 17.4 Å². The van der Waals surface area contributed by atoms with Gasteiger partial charge in [0.2, 0.25) is 0 Å². The third-order valence-electron chi connectivity index (χ3n) is 2.60. The van der Waals surface area contributed by atoms with E-state index < -0.39 is 17.4 Å². The van der Waals surface area contributed by atoms with Crippen LogP contribution in [0.25, 0.3) is 0 Å². The average Bonchev–Trinajstić information content (AvgIpc) is 2.30. The van der Waals surface area contributed by atoms with E-state index >= 15 is 0 Å². The molecule has 18 heavy (non-hydrogen) atoms. The first-order chi connectivity index (χ1) is 8.30. The molecule has 1 aromatic heterocycles. The van der Waals surface area contributed by atoms with E-state index in [1.807, 2.05) is 0 Å². The van der Waals surface area contributed by atoms with Crippen LogP contribution >= 0.6 is 11.6 Å². The highest BCUT2D eigenvalue weighted by atomic mass is 35.5. The fraction of sp³-hybridized carbons (Fsp3) is 0.455. The van der Waals surface area contributed by atoms with E-state index in [9.17, 15) is 9.59 Å². The molecule has 7 heteroatoms. The van der Waals surface area contributed by atoms with E-state index in [4.69, 9.17) is 16.7 Å². The molecule has 0 saturated carbocycles. The van der Waals surface area contributed by atoms with E-state index in [2.05, 4.69) is 9.97 Å². The maximum atomic E-state index is 12.2. The number of aliphatic carboxylic acids is 1. The first kappa shape index (κ1) is 14.4. The lowest BCUT2D eigenvalue weighted by Crippen LogP contribution is -2.53. The normalized spacial score (nSPS) is 11.1. The van der Waals surface area contributed by atoms with E-state index in [0.717, 1.165) is 0 Å². The highest BCUT2D eigenvalue weighted by Gasteiger charge is 2.37. The summed E-state index contributed by atoms with van der Waals surface area (Å²) in [5, 5.41) is 9.30. The summed E-state index contributed by atoms with van der Waals surface area (Å²) in [6.07, 6.45) is 2.47. The second-order valence-corrected chi connectivity index (χ2v) is 4.53. The molecule has 0 aliphatic rings. The Morgan fingerprint density at radius 1 is 1.39 bits per heavy atom. The van der Waals surface area contributed by atoms with Crippen LogP contribution in [0.5, 0.6) is 0 Å². The molecule has 0 aliphatic heterocycles. The monoisotopic (exact) mass is 271 g/mol. The van der Waals surface area contributed by atoms with Gasteiger partial charge in [-0.15, -0.1) is 0 Å². The first-order valence-electron chi connectivity index (χ1n) is 5.33. The smallest absolute Gasteiger partial charge is 0.329 e. The summed E-state index contributed by atoms with van der Waals surface area (Å²) >= 11 is 5.58. The molecule has 0 fully saturated rings. The molecule has 98 valence electrons. The van der Waals surface area contributed by atoms with Gasteiger partial charge in [-0.2, -0.15) is 0 Å². The van der Waals surface area contributed by atoms with E-state index in [0.29, 0.717) is 0 Å². The maximum absolute atomic E-state index is 12.2. The predicted molar refractivity (Wildman–Crippen MR) is 65.5 cm³/mol. The topological polar surface area (TPSA) is 83.4 Å². The molecule has 0 radical (unpaired) electrons. The van der Waals surface area contributed by atoms with Gasteiger partial charge in [-0.25, -0.2) is 14.8 Å². The van der Waals surface area contributed by atoms with Crippen molar-refractivity contribution in [1.29, 1.82) is 0 Å². The summed E-state index contributed by atoms with van der Waals surface area (Å²) in [5.41, 5.74) is -1.25. The Bertz CT molecular complexity index is 459. The number of nitrogens with zero attached hydrogens (tertiary/aromatic N) is 3. The van der Waals surface area contributed by atoms with Gasteiger partial charge in [0, 0.05) is 6.54 Å². The third-order valence-corrected chi connectivity index (χ3v) is 2.79. The lowest BCUT2D eigenvalue weighted by molar-refractivity contribution is -0.147. The SMILES string of the molecule is CCN(C(=O)c1cnc(Cl)cn1)C(C)(C)C(=O)O. The van der Waals surface area contributed by atoms with Crippen molar-refractivity contribution in [3.8, 4) is 0 Å². The lowest BCUT2D eigenvalue weighted by Gasteiger charge is -2.33. The summed E-state index contributed by atoms with van der Waals surface area (Å²) in [6, 6.07) is 0. The minimum absolute atomic E-state index is 0.0653. The van der Waals surface area contributed by atoms with Gasteiger partial charge in [-0.1, -0.05) is 11.6 Å². The van der Waals surface area contributed by atoms with Gasteiger partial charge in [-0.3, -0.25) is 4.79 Å². The predicted octanol–water partition coefficient (Wildman–Crippen LogP) is 1.46. The zero-order valence-corrected chi connectivity index (χ0v) is 11.1. The number of hydrogen-bond acceptors (Lipinski definition) is 4. The molecule has 0 spiro atoms. The van der Waals surface area contributed by atoms with Gasteiger partial charge >= 0.3 is 5.97 Å². The van der Waals surface area contributed by atoms with Gasteiger partial charge in [0.15, 0.2) is 0 Å². The van der Waals surface area contributed by atoms with Gasteiger partial charge in [-0.05, 0) is 20.8 Å². The molecular weight excluding hydrogens is 258 g/mol. The van der Waals surface area contributed by atoms with Gasteiger partial charge in [0.05, 0.1) is 12.4 Å². The molecule has 0 aromatic carbocycles. The number of rotatable bonds is 4. The van der Waals surface area contributed by atoms with Crippen molar-refractivity contribution in [2.24, 2.45) is 0 Å². The summed E-state index contributed by atoms with van der Waals surface area (Å²) in [7, 11) is 0. The second kappa shape index (κ2) is 5.30. The summed E-state index contributed by atoms with van der Waals surface area (Å²) in [4.78, 5) is 32.1. The molecule has 6 nitrogen and oxygen atoms in total. The highest BCUT2D eigenvalue weighted by Crippen LogP contribution is 2.17. The van der Waals surface area contributed by atoms with Crippen molar-refractivity contribution in [1.82, 2.24) is 14.9 Å². The van der Waals surface area contributed by atoms with Crippen LogP contribution in [0.2, 0.25) is 5.15 Å². The molecule has 1 heterocycles. The van der Waals surface area contributed by atoms with Crippen molar-refractivity contribution >= 4 is 23.5 Å². The molecule has 1 N–H and O–H groups in total. The van der Waals surface area contributed by atoms with Crippen molar-refractivity contribution < 1.29 is 14.7 Å². The van der Waals surface area contributed by atoms with Crippen LogP contribution in [0.15, 0.2) is 12.4 Å². The molecule has 0 bridgehead atoms. The highest BCUT2D eigenvalue weighted by molar-refractivity contribution is 6.29. The van der Waals surface area contributed by atoms with Gasteiger partial charge in [0.1, 0.15) is 16.4 Å². The summed E-state index contributed by atoms with van der Waals surface area (Å²) < 4.78 is 0. The molecule has 0 aliphatic carbocycles. The number of carbonyl (C=O) groups is 2. The third kappa shape index (κ3) is 2.76. The molecular formula is C11H14ClN3O3. The zero-order valence-electron chi connectivity index (χ0n) is 10.3. The van der Waals surface area contributed by atoms with E-state index in [1.165, 1.54) is 31.1 Å². The minimum atomic E-state index is -1.31. The maximum Gasteiger partial charge on any atom is 0.329 e. The Morgan fingerprint density at radius 3 is 2.39 bits per heavy atom. The van der Waals surface area contributed by atoms with Crippen molar-refractivity contribution in [3.05, 3.63) is 23.2 Å². The van der Waals surface area contributed by atoms with Crippen LogP contribution in [0.3, 0.4) is 0 Å². The van der Waals surface area contributed by atoms with Crippen molar-refractivity contribution in [2.75, 3.05) is 6.54 Å². The fourth-order valence-electron chi connectivity index (χ4n) is 1.47. The molecule has 0 unspecified atom stereocenters. The quantitative estimate of drug-likeness (QED) is 0.896. The van der Waals surface area contributed by atoms with Gasteiger partial charge in [0.25, 0.3) is 5.91 Å². The molecule has 0 atom stereocenters. The lowest BCUT2D eigenvalue weighted by atomic mass is 10.0. The zero-order chi connectivity index (χ0) is 13.9. The fourth-order valence-corrected chi connectivity index (χ4v) is 1.57. The first-order valence-corrected chi connectivity index (χ1v) is 5.71. The largest absolute Gasteiger partial charge is 0.480 e. The molecule has 1 rings (SSSR count). The minimum Gasteiger partial charge on any atom is -0.480 e. The number of carbonyl (C=O) groups excluding carboxylic acids is 1. The Balaban J connectivity index is 3.07. The number of hydrogen-bond donors (Lipinski definition) is 1. The Kier molecular flexibility index (Phi) is 4.24. The van der Waals surface area contributed by atoms with Crippen LogP contribution in [0, 0.1) is 0 Å². The van der Waals surface area contributed by atoms with Crippen molar-refractivity contribution in [3.63, 3.8) is 0 Å². The number of likely N-dealkylation sites (N-methyl/N-ethyl adjacent to an activating group) is 1. The number of amides is 1. The summed E-state index contributed by atoms with van der Waals surface area (Å²) in [6.45, 7) is 4.87. The van der Waals surface area contributed by atoms with Crippen LogP contribution in [-0.2, 0) is 4.79 Å². The van der Waals surface area contributed by atoms with Crippen LogP contribution in [0.4, 0.5) is 0 Å². The molecule has 0 saturated heterocycles. The molecule has 1 aromatic rings. The Morgan fingerprint density at radius 2 is 2.00 bits per heavy atom. The van der Waals surface area contributed by atoms with E-state index in [1.54, 1.807) is 6.92 Å². The number of carboxylic acids is 1. The number of carboxylic acid groups (broad SMARTS) is 1. The number of halogens is 1. The van der Waals surface area contributed by atoms with Crippen LogP contribution in [0.1, 0.15) is 31.3 Å². The Hall–Kier alpha value is -1.69.